The van der Waals surface area contributed by atoms with Crippen molar-refractivity contribution in [3.05, 3.63) is 34.4 Å². The number of aromatic nitrogens is 2. The van der Waals surface area contributed by atoms with E-state index in [0.717, 1.165) is 5.01 Å². The molecule has 0 aromatic carbocycles. The van der Waals surface area contributed by atoms with E-state index in [1.54, 1.807) is 17.6 Å². The first-order chi connectivity index (χ1) is 11.8. The van der Waals surface area contributed by atoms with Crippen molar-refractivity contribution in [3.63, 3.8) is 0 Å². The van der Waals surface area contributed by atoms with Crippen LogP contribution in [0.5, 0.6) is 5.75 Å². The summed E-state index contributed by atoms with van der Waals surface area (Å²) in [6, 6.07) is 3.64. The number of carbonyl (C=O) groups excluding carboxylic acids is 1. The molecule has 1 fully saturated rings. The molecule has 1 aliphatic carbocycles. The molecule has 2 aromatic rings. The smallest absolute Gasteiger partial charge is 0.276 e. The van der Waals surface area contributed by atoms with E-state index in [1.807, 2.05) is 6.07 Å². The van der Waals surface area contributed by atoms with Gasteiger partial charge in [0.2, 0.25) is 0 Å². The number of nitrogens with one attached hydrogen (secondary N) is 1. The molecule has 0 saturated heterocycles. The molecule has 6 nitrogen and oxygen atoms in total. The van der Waals surface area contributed by atoms with Crippen molar-refractivity contribution in [2.45, 2.75) is 38.6 Å². The summed E-state index contributed by atoms with van der Waals surface area (Å²) < 4.78 is 5.92. The second-order valence-electron chi connectivity index (χ2n) is 5.95. The first kappa shape index (κ1) is 16.9. The molecule has 0 bridgehead atoms. The number of hydrogen-bond acceptors (Lipinski definition) is 6. The number of ether oxygens (including phenoxy) is 1. The molecule has 0 atom stereocenters. The summed E-state index contributed by atoms with van der Waals surface area (Å²) in [5.41, 5.74) is 5.89. The topological polar surface area (TPSA) is 90.1 Å². The van der Waals surface area contributed by atoms with Gasteiger partial charge in [-0.2, -0.15) is 0 Å². The van der Waals surface area contributed by atoms with Gasteiger partial charge in [-0.25, -0.2) is 9.97 Å². The van der Waals surface area contributed by atoms with E-state index in [9.17, 15) is 4.79 Å². The first-order valence-electron chi connectivity index (χ1n) is 8.30. The first-order valence-corrected chi connectivity index (χ1v) is 9.18. The lowest BCUT2D eigenvalue weighted by Crippen LogP contribution is -2.18. The number of amides is 1. The third-order valence-corrected chi connectivity index (χ3v) is 5.03. The standard InChI is InChI=1S/C17H22N4O2S/c18-9-15-20-13(11-24-15)17(22)21-16-14(7-4-8-19-16)23-10-12-5-2-1-3-6-12/h4,7-8,11-12H,1-3,5-6,9-10,18H2,(H,19,21,22). The summed E-state index contributed by atoms with van der Waals surface area (Å²) >= 11 is 1.37. The van der Waals surface area contributed by atoms with Crippen molar-refractivity contribution in [1.29, 1.82) is 0 Å². The average Bonchev–Trinajstić information content (AvgIpc) is 3.11. The summed E-state index contributed by atoms with van der Waals surface area (Å²) in [6.45, 7) is 1.000. The highest BCUT2D eigenvalue weighted by atomic mass is 32.1. The molecular formula is C17H22N4O2S. The molecule has 3 N–H and O–H groups in total. The van der Waals surface area contributed by atoms with E-state index >= 15 is 0 Å². The van der Waals surface area contributed by atoms with E-state index in [2.05, 4.69) is 15.3 Å². The number of rotatable bonds is 6. The Morgan fingerprint density at radius 3 is 2.96 bits per heavy atom. The number of carbonyl (C=O) groups is 1. The molecule has 1 aliphatic rings. The minimum absolute atomic E-state index is 0.299. The fourth-order valence-electron chi connectivity index (χ4n) is 2.84. The molecule has 128 valence electrons. The zero-order valence-corrected chi connectivity index (χ0v) is 14.3. The summed E-state index contributed by atoms with van der Waals surface area (Å²) in [5, 5.41) is 5.21. The zero-order chi connectivity index (χ0) is 16.8. The lowest BCUT2D eigenvalue weighted by molar-refractivity contribution is 0.102. The van der Waals surface area contributed by atoms with Crippen molar-refractivity contribution in [2.24, 2.45) is 11.7 Å². The lowest BCUT2D eigenvalue weighted by atomic mass is 9.90. The van der Waals surface area contributed by atoms with Gasteiger partial charge in [-0.1, -0.05) is 19.3 Å². The summed E-state index contributed by atoms with van der Waals surface area (Å²) in [6.07, 6.45) is 7.93. The second kappa shape index (κ2) is 8.21. The lowest BCUT2D eigenvalue weighted by Gasteiger charge is -2.22. The van der Waals surface area contributed by atoms with E-state index in [0.29, 0.717) is 36.3 Å². The predicted molar refractivity (Wildman–Crippen MR) is 94.3 cm³/mol. The van der Waals surface area contributed by atoms with E-state index < -0.39 is 0 Å². The summed E-state index contributed by atoms with van der Waals surface area (Å²) in [7, 11) is 0. The van der Waals surface area contributed by atoms with Crippen LogP contribution in [0.25, 0.3) is 0 Å². The Kier molecular flexibility index (Phi) is 5.77. The van der Waals surface area contributed by atoms with Gasteiger partial charge in [-0.3, -0.25) is 4.79 Å². The SMILES string of the molecule is NCc1nc(C(=O)Nc2ncccc2OCC2CCCCC2)cs1. The van der Waals surface area contributed by atoms with Gasteiger partial charge >= 0.3 is 0 Å². The second-order valence-corrected chi connectivity index (χ2v) is 6.89. The van der Waals surface area contributed by atoms with Crippen LogP contribution in [0.15, 0.2) is 23.7 Å². The average molecular weight is 346 g/mol. The highest BCUT2D eigenvalue weighted by Gasteiger charge is 2.17. The van der Waals surface area contributed by atoms with Gasteiger partial charge in [0, 0.05) is 18.1 Å². The Balaban J connectivity index is 1.63. The third-order valence-electron chi connectivity index (χ3n) is 4.16. The maximum absolute atomic E-state index is 12.3. The number of thiazole rings is 1. The Labute approximate surface area is 145 Å². The van der Waals surface area contributed by atoms with Gasteiger partial charge < -0.3 is 15.8 Å². The van der Waals surface area contributed by atoms with Crippen LogP contribution in [-0.2, 0) is 6.54 Å². The number of nitrogens with zero attached hydrogens (tertiary/aromatic N) is 2. The van der Waals surface area contributed by atoms with Gasteiger partial charge in [-0.15, -0.1) is 11.3 Å². The number of anilines is 1. The Morgan fingerprint density at radius 2 is 2.21 bits per heavy atom. The molecule has 7 heteroatoms. The minimum Gasteiger partial charge on any atom is -0.489 e. The van der Waals surface area contributed by atoms with E-state index in [4.69, 9.17) is 10.5 Å². The normalized spacial score (nSPS) is 15.2. The van der Waals surface area contributed by atoms with Crippen molar-refractivity contribution >= 4 is 23.1 Å². The molecule has 0 aliphatic heterocycles. The van der Waals surface area contributed by atoms with Crippen LogP contribution in [-0.4, -0.2) is 22.5 Å². The van der Waals surface area contributed by atoms with Crippen molar-refractivity contribution in [1.82, 2.24) is 9.97 Å². The molecule has 24 heavy (non-hydrogen) atoms. The molecule has 0 radical (unpaired) electrons. The number of nitrogens with two attached hydrogens (primary N) is 1. The van der Waals surface area contributed by atoms with Crippen LogP contribution in [0.2, 0.25) is 0 Å². The van der Waals surface area contributed by atoms with Gasteiger partial charge in [0.25, 0.3) is 5.91 Å². The van der Waals surface area contributed by atoms with E-state index in [-0.39, 0.29) is 5.91 Å². The number of hydrogen-bond donors (Lipinski definition) is 2. The highest BCUT2D eigenvalue weighted by molar-refractivity contribution is 7.09. The fraction of sp³-hybridized carbons (Fsp3) is 0.471. The highest BCUT2D eigenvalue weighted by Crippen LogP contribution is 2.27. The Morgan fingerprint density at radius 1 is 1.38 bits per heavy atom. The molecule has 3 rings (SSSR count). The predicted octanol–water partition coefficient (Wildman–Crippen LogP) is 3.21. The molecule has 1 amide bonds. The van der Waals surface area contributed by atoms with Gasteiger partial charge in [-0.05, 0) is 30.9 Å². The molecule has 0 spiro atoms. The minimum atomic E-state index is -0.299. The molecule has 2 heterocycles. The van der Waals surface area contributed by atoms with Gasteiger partial charge in [0.1, 0.15) is 10.7 Å². The molecule has 2 aromatic heterocycles. The van der Waals surface area contributed by atoms with Gasteiger partial charge in [0.15, 0.2) is 11.6 Å². The Hall–Kier alpha value is -1.99. The Bertz CT molecular complexity index is 683. The molecule has 1 saturated carbocycles. The maximum atomic E-state index is 12.3. The summed E-state index contributed by atoms with van der Waals surface area (Å²) in [5.74, 6) is 1.33. The number of pyridine rings is 1. The third kappa shape index (κ3) is 4.30. The van der Waals surface area contributed by atoms with E-state index in [1.165, 1.54) is 43.4 Å². The summed E-state index contributed by atoms with van der Waals surface area (Å²) in [4.78, 5) is 20.7. The maximum Gasteiger partial charge on any atom is 0.276 e. The molecular weight excluding hydrogens is 324 g/mol. The van der Waals surface area contributed by atoms with Crippen molar-refractivity contribution in [2.75, 3.05) is 11.9 Å². The van der Waals surface area contributed by atoms with Crippen LogP contribution < -0.4 is 15.8 Å². The van der Waals surface area contributed by atoms with Crippen LogP contribution in [0, 0.1) is 5.92 Å². The van der Waals surface area contributed by atoms with Crippen LogP contribution in [0.1, 0.15) is 47.6 Å². The quantitative estimate of drug-likeness (QED) is 0.838. The monoisotopic (exact) mass is 346 g/mol. The van der Waals surface area contributed by atoms with Crippen LogP contribution in [0.3, 0.4) is 0 Å². The van der Waals surface area contributed by atoms with Gasteiger partial charge in [0.05, 0.1) is 6.61 Å². The molecule has 0 unspecified atom stereocenters. The van der Waals surface area contributed by atoms with Crippen molar-refractivity contribution in [3.8, 4) is 5.75 Å². The van der Waals surface area contributed by atoms with Crippen LogP contribution >= 0.6 is 11.3 Å². The largest absolute Gasteiger partial charge is 0.489 e. The fourth-order valence-corrected chi connectivity index (χ4v) is 3.50. The van der Waals surface area contributed by atoms with Crippen molar-refractivity contribution < 1.29 is 9.53 Å². The van der Waals surface area contributed by atoms with Crippen LogP contribution in [0.4, 0.5) is 5.82 Å². The zero-order valence-electron chi connectivity index (χ0n) is 13.5.